The molecule has 0 aliphatic carbocycles. The van der Waals surface area contributed by atoms with E-state index in [0.717, 1.165) is 5.69 Å². The highest BCUT2D eigenvalue weighted by atomic mass is 32.2. The number of halogens is 1. The predicted octanol–water partition coefficient (Wildman–Crippen LogP) is 2.39. The Hall–Kier alpha value is -1.66. The molecule has 1 aromatic carbocycles. The van der Waals surface area contributed by atoms with Crippen LogP contribution in [0.5, 0.6) is 0 Å². The van der Waals surface area contributed by atoms with Gasteiger partial charge in [0.05, 0.1) is 10.9 Å². The number of nitrogens with zero attached hydrogens (tertiary/aromatic N) is 2. The van der Waals surface area contributed by atoms with Crippen LogP contribution in [0.25, 0.3) is 0 Å². The second-order valence-electron chi connectivity index (χ2n) is 4.87. The number of hydrogen-bond acceptors (Lipinski definition) is 2. The van der Waals surface area contributed by atoms with E-state index in [9.17, 15) is 12.8 Å². The molecule has 0 saturated heterocycles. The Morgan fingerprint density at radius 1 is 1.15 bits per heavy atom. The van der Waals surface area contributed by atoms with Gasteiger partial charge in [0.2, 0.25) is 10.0 Å². The zero-order chi connectivity index (χ0) is 14.3. The Labute approximate surface area is 117 Å². The van der Waals surface area contributed by atoms with Crippen molar-refractivity contribution in [1.82, 2.24) is 8.87 Å². The average Bonchev–Trinajstić information content (AvgIpc) is 2.88. The Morgan fingerprint density at radius 3 is 2.55 bits per heavy atom. The lowest BCUT2D eigenvalue weighted by Gasteiger charge is -2.33. The van der Waals surface area contributed by atoms with Crippen LogP contribution in [0.3, 0.4) is 0 Å². The number of rotatable bonds is 2. The van der Waals surface area contributed by atoms with Crippen molar-refractivity contribution in [3.8, 4) is 0 Å². The maximum atomic E-state index is 12.9. The van der Waals surface area contributed by atoms with Crippen LogP contribution in [-0.4, -0.2) is 23.8 Å². The fourth-order valence-electron chi connectivity index (χ4n) is 2.63. The summed E-state index contributed by atoms with van der Waals surface area (Å²) in [6.07, 6.45) is 1.95. The smallest absolute Gasteiger partial charge is 0.243 e. The molecule has 4 nitrogen and oxygen atoms in total. The van der Waals surface area contributed by atoms with Gasteiger partial charge in [-0.3, -0.25) is 0 Å². The third-order valence-electron chi connectivity index (χ3n) is 3.71. The third-order valence-corrected chi connectivity index (χ3v) is 5.69. The van der Waals surface area contributed by atoms with Crippen LogP contribution >= 0.6 is 0 Å². The summed E-state index contributed by atoms with van der Waals surface area (Å²) in [7, 11) is -3.60. The van der Waals surface area contributed by atoms with E-state index in [1.54, 1.807) is 0 Å². The molecule has 0 spiro atoms. The van der Waals surface area contributed by atoms with Crippen LogP contribution in [0.15, 0.2) is 47.5 Å². The molecule has 1 aromatic heterocycles. The van der Waals surface area contributed by atoms with Gasteiger partial charge in [0, 0.05) is 25.0 Å². The van der Waals surface area contributed by atoms with E-state index in [1.807, 2.05) is 25.3 Å². The average molecular weight is 294 g/mol. The molecule has 0 unspecified atom stereocenters. The lowest BCUT2D eigenvalue weighted by Crippen LogP contribution is -2.40. The zero-order valence-corrected chi connectivity index (χ0v) is 11.8. The second kappa shape index (κ2) is 4.71. The zero-order valence-electron chi connectivity index (χ0n) is 11.0. The minimum Gasteiger partial charge on any atom is -0.349 e. The summed E-state index contributed by atoms with van der Waals surface area (Å²) in [5.41, 5.74) is 0.974. The molecule has 106 valence electrons. The molecule has 0 fully saturated rings. The molecule has 0 amide bonds. The molecule has 0 saturated carbocycles. The van der Waals surface area contributed by atoms with E-state index >= 15 is 0 Å². The van der Waals surface area contributed by atoms with Crippen LogP contribution in [0.1, 0.15) is 18.7 Å². The summed E-state index contributed by atoms with van der Waals surface area (Å²) >= 11 is 0. The first-order valence-electron chi connectivity index (χ1n) is 6.42. The fraction of sp³-hybridized carbons (Fsp3) is 0.286. The van der Waals surface area contributed by atoms with Crippen molar-refractivity contribution in [2.75, 3.05) is 6.54 Å². The molecule has 1 aliphatic rings. The first-order chi connectivity index (χ1) is 9.50. The Morgan fingerprint density at radius 2 is 1.85 bits per heavy atom. The van der Waals surface area contributed by atoms with Crippen molar-refractivity contribution in [3.63, 3.8) is 0 Å². The number of aromatic nitrogens is 1. The standard InChI is InChI=1S/C14H15FN2O2S/c1-11-14-3-2-8-16(14)9-10-17(11)20(18,19)13-6-4-12(15)5-7-13/h2-8,11H,9-10H2,1H3/t11-/m0/s1. The molecular weight excluding hydrogens is 279 g/mol. The van der Waals surface area contributed by atoms with Gasteiger partial charge < -0.3 is 4.57 Å². The van der Waals surface area contributed by atoms with E-state index in [4.69, 9.17) is 0 Å². The molecule has 0 N–H and O–H groups in total. The molecule has 1 aliphatic heterocycles. The van der Waals surface area contributed by atoms with E-state index in [-0.39, 0.29) is 10.9 Å². The van der Waals surface area contributed by atoms with Crippen LogP contribution < -0.4 is 0 Å². The Kier molecular flexibility index (Phi) is 3.14. The normalized spacial score (nSPS) is 19.8. The molecule has 1 atom stereocenters. The summed E-state index contributed by atoms with van der Waals surface area (Å²) in [5.74, 6) is -0.440. The molecule has 20 heavy (non-hydrogen) atoms. The van der Waals surface area contributed by atoms with E-state index < -0.39 is 15.8 Å². The first-order valence-corrected chi connectivity index (χ1v) is 7.86. The summed E-state index contributed by atoms with van der Waals surface area (Å²) < 4.78 is 41.7. The second-order valence-corrected chi connectivity index (χ2v) is 6.76. The van der Waals surface area contributed by atoms with Crippen LogP contribution in [0.2, 0.25) is 0 Å². The molecule has 2 heterocycles. The maximum Gasteiger partial charge on any atom is 0.243 e. The van der Waals surface area contributed by atoms with E-state index in [0.29, 0.717) is 13.1 Å². The van der Waals surface area contributed by atoms with Crippen LogP contribution in [0, 0.1) is 5.82 Å². The van der Waals surface area contributed by atoms with Gasteiger partial charge in [0.15, 0.2) is 0 Å². The highest BCUT2D eigenvalue weighted by Crippen LogP contribution is 2.30. The molecule has 2 aromatic rings. The number of fused-ring (bicyclic) bond motifs is 1. The SMILES string of the molecule is C[C@H]1c2cccn2CCN1S(=O)(=O)c1ccc(F)cc1. The van der Waals surface area contributed by atoms with Gasteiger partial charge in [-0.05, 0) is 43.3 Å². The summed E-state index contributed by atoms with van der Waals surface area (Å²) in [6.45, 7) is 2.92. The molecule has 0 radical (unpaired) electrons. The predicted molar refractivity (Wildman–Crippen MR) is 73.1 cm³/mol. The van der Waals surface area contributed by atoms with Gasteiger partial charge in [-0.15, -0.1) is 0 Å². The number of sulfonamides is 1. The number of benzene rings is 1. The molecular formula is C14H15FN2O2S. The van der Waals surface area contributed by atoms with Gasteiger partial charge in [0.1, 0.15) is 5.82 Å². The minimum absolute atomic E-state index is 0.130. The van der Waals surface area contributed by atoms with Crippen LogP contribution in [-0.2, 0) is 16.6 Å². The minimum atomic E-state index is -3.60. The topological polar surface area (TPSA) is 42.3 Å². The Bertz CT molecular complexity index is 722. The molecule has 6 heteroatoms. The summed E-state index contributed by atoms with van der Waals surface area (Å²) in [6, 6.07) is 8.58. The first kappa shape index (κ1) is 13.3. The third kappa shape index (κ3) is 2.05. The highest BCUT2D eigenvalue weighted by Gasteiger charge is 2.33. The summed E-state index contributed by atoms with van der Waals surface area (Å²) in [4.78, 5) is 0.130. The van der Waals surface area contributed by atoms with Gasteiger partial charge >= 0.3 is 0 Å². The van der Waals surface area contributed by atoms with E-state index in [1.165, 1.54) is 28.6 Å². The number of hydrogen-bond donors (Lipinski definition) is 0. The lowest BCUT2D eigenvalue weighted by molar-refractivity contribution is 0.282. The monoisotopic (exact) mass is 294 g/mol. The van der Waals surface area contributed by atoms with Crippen molar-refractivity contribution < 1.29 is 12.8 Å². The largest absolute Gasteiger partial charge is 0.349 e. The maximum absolute atomic E-state index is 12.9. The van der Waals surface area contributed by atoms with Crippen molar-refractivity contribution in [2.45, 2.75) is 24.4 Å². The summed E-state index contributed by atoms with van der Waals surface area (Å²) in [5, 5.41) is 0. The van der Waals surface area contributed by atoms with Gasteiger partial charge in [-0.1, -0.05) is 0 Å². The van der Waals surface area contributed by atoms with Crippen LogP contribution in [0.4, 0.5) is 4.39 Å². The fourth-order valence-corrected chi connectivity index (χ4v) is 4.23. The van der Waals surface area contributed by atoms with Gasteiger partial charge in [-0.25, -0.2) is 12.8 Å². The van der Waals surface area contributed by atoms with Gasteiger partial charge in [-0.2, -0.15) is 4.31 Å². The lowest BCUT2D eigenvalue weighted by atomic mass is 10.2. The van der Waals surface area contributed by atoms with Gasteiger partial charge in [0.25, 0.3) is 0 Å². The highest BCUT2D eigenvalue weighted by molar-refractivity contribution is 7.89. The molecule has 0 bridgehead atoms. The van der Waals surface area contributed by atoms with Crippen molar-refractivity contribution in [2.24, 2.45) is 0 Å². The van der Waals surface area contributed by atoms with Crippen molar-refractivity contribution in [3.05, 3.63) is 54.1 Å². The van der Waals surface area contributed by atoms with Crippen molar-refractivity contribution in [1.29, 1.82) is 0 Å². The van der Waals surface area contributed by atoms with E-state index in [2.05, 4.69) is 4.57 Å². The molecule has 3 rings (SSSR count). The Balaban J connectivity index is 1.99. The quantitative estimate of drug-likeness (QED) is 0.853. The van der Waals surface area contributed by atoms with Crippen molar-refractivity contribution >= 4 is 10.0 Å².